The average Bonchev–Trinajstić information content (AvgIpc) is 2.87. The van der Waals surface area contributed by atoms with Crippen LogP contribution in [-0.2, 0) is 0 Å². The van der Waals surface area contributed by atoms with Crippen LogP contribution in [0.1, 0.15) is 37.7 Å². The third-order valence-electron chi connectivity index (χ3n) is 4.08. The first-order valence-corrected chi connectivity index (χ1v) is 6.94. The molecule has 0 saturated heterocycles. The molecule has 1 aromatic carbocycles. The molecule has 2 nitrogen and oxygen atoms in total. The number of rotatable bonds is 3. The SMILES string of the molecule is CCNC1CCC(c2cccc3ccncc23)C1. The summed E-state index contributed by atoms with van der Waals surface area (Å²) in [4.78, 5) is 4.28. The summed E-state index contributed by atoms with van der Waals surface area (Å²) in [7, 11) is 0. The fourth-order valence-corrected chi connectivity index (χ4v) is 3.23. The third kappa shape index (κ3) is 2.13. The fourth-order valence-electron chi connectivity index (χ4n) is 3.23. The summed E-state index contributed by atoms with van der Waals surface area (Å²) in [6, 6.07) is 9.44. The Hall–Kier alpha value is -1.41. The van der Waals surface area contributed by atoms with Crippen LogP contribution in [0.2, 0.25) is 0 Å². The molecular formula is C16H20N2. The van der Waals surface area contributed by atoms with Gasteiger partial charge in [-0.1, -0.05) is 25.1 Å². The first-order valence-electron chi connectivity index (χ1n) is 6.94. The van der Waals surface area contributed by atoms with Gasteiger partial charge in [0.2, 0.25) is 0 Å². The summed E-state index contributed by atoms with van der Waals surface area (Å²) in [5.74, 6) is 0.696. The summed E-state index contributed by atoms with van der Waals surface area (Å²) in [6.07, 6.45) is 7.76. The van der Waals surface area contributed by atoms with Crippen LogP contribution in [0.4, 0.5) is 0 Å². The van der Waals surface area contributed by atoms with Crippen LogP contribution < -0.4 is 5.32 Å². The summed E-state index contributed by atoms with van der Waals surface area (Å²) < 4.78 is 0. The molecule has 18 heavy (non-hydrogen) atoms. The highest BCUT2D eigenvalue weighted by atomic mass is 14.9. The predicted molar refractivity (Wildman–Crippen MR) is 75.8 cm³/mol. The van der Waals surface area contributed by atoms with E-state index in [1.54, 1.807) is 0 Å². The van der Waals surface area contributed by atoms with E-state index in [2.05, 4.69) is 41.5 Å². The Morgan fingerprint density at radius 1 is 1.28 bits per heavy atom. The number of benzene rings is 1. The van der Waals surface area contributed by atoms with Crippen LogP contribution in [-0.4, -0.2) is 17.6 Å². The number of hydrogen-bond acceptors (Lipinski definition) is 2. The summed E-state index contributed by atoms with van der Waals surface area (Å²) in [6.45, 7) is 3.27. The van der Waals surface area contributed by atoms with Crippen molar-refractivity contribution >= 4 is 10.8 Å². The lowest BCUT2D eigenvalue weighted by Gasteiger charge is -2.14. The summed E-state index contributed by atoms with van der Waals surface area (Å²) >= 11 is 0. The zero-order valence-corrected chi connectivity index (χ0v) is 10.9. The lowest BCUT2D eigenvalue weighted by molar-refractivity contribution is 0.535. The lowest BCUT2D eigenvalue weighted by atomic mass is 9.93. The normalized spacial score (nSPS) is 23.6. The molecule has 2 aromatic rings. The first-order chi connectivity index (χ1) is 8.88. The standard InChI is InChI=1S/C16H20N2/c1-2-18-14-7-6-13(10-14)15-5-3-4-12-8-9-17-11-16(12)15/h3-5,8-9,11,13-14,18H,2,6-7,10H2,1H3. The van der Waals surface area contributed by atoms with E-state index in [1.807, 2.05) is 12.4 Å². The Bertz CT molecular complexity index is 530. The molecule has 1 saturated carbocycles. The largest absolute Gasteiger partial charge is 0.314 e. The molecule has 0 spiro atoms. The Kier molecular flexibility index (Phi) is 3.28. The van der Waals surface area contributed by atoms with Crippen molar-refractivity contribution in [1.82, 2.24) is 10.3 Å². The predicted octanol–water partition coefficient (Wildman–Crippen LogP) is 3.48. The van der Waals surface area contributed by atoms with Gasteiger partial charge in [0.15, 0.2) is 0 Å². The molecule has 1 fully saturated rings. The van der Waals surface area contributed by atoms with Gasteiger partial charge < -0.3 is 5.32 Å². The smallest absolute Gasteiger partial charge is 0.0349 e. The summed E-state index contributed by atoms with van der Waals surface area (Å²) in [5, 5.41) is 6.23. The number of hydrogen-bond donors (Lipinski definition) is 1. The molecule has 2 unspecified atom stereocenters. The molecule has 1 aliphatic rings. The first kappa shape index (κ1) is 11.7. The highest BCUT2D eigenvalue weighted by Crippen LogP contribution is 2.37. The number of nitrogens with zero attached hydrogens (tertiary/aromatic N) is 1. The minimum atomic E-state index is 0.696. The van der Waals surface area contributed by atoms with Gasteiger partial charge in [0.05, 0.1) is 0 Å². The van der Waals surface area contributed by atoms with Crippen LogP contribution in [0.25, 0.3) is 10.8 Å². The van der Waals surface area contributed by atoms with Crippen molar-refractivity contribution in [1.29, 1.82) is 0 Å². The van der Waals surface area contributed by atoms with Crippen molar-refractivity contribution in [3.8, 4) is 0 Å². The van der Waals surface area contributed by atoms with Gasteiger partial charge in [-0.15, -0.1) is 0 Å². The molecule has 1 aliphatic carbocycles. The van der Waals surface area contributed by atoms with Crippen LogP contribution >= 0.6 is 0 Å². The molecular weight excluding hydrogens is 220 g/mol. The van der Waals surface area contributed by atoms with Crippen molar-refractivity contribution in [3.05, 3.63) is 42.2 Å². The number of aromatic nitrogens is 1. The molecule has 2 heteroatoms. The highest BCUT2D eigenvalue weighted by Gasteiger charge is 2.26. The van der Waals surface area contributed by atoms with Gasteiger partial charge in [0.25, 0.3) is 0 Å². The molecule has 1 aromatic heterocycles. The number of nitrogens with one attached hydrogen (secondary N) is 1. The highest BCUT2D eigenvalue weighted by molar-refractivity contribution is 5.85. The Balaban J connectivity index is 1.91. The molecule has 1 N–H and O–H groups in total. The van der Waals surface area contributed by atoms with Gasteiger partial charge in [-0.2, -0.15) is 0 Å². The van der Waals surface area contributed by atoms with E-state index >= 15 is 0 Å². The monoisotopic (exact) mass is 240 g/mol. The molecule has 0 bridgehead atoms. The second-order valence-electron chi connectivity index (χ2n) is 5.21. The molecule has 0 amide bonds. The molecule has 3 rings (SSSR count). The van der Waals surface area contributed by atoms with E-state index in [9.17, 15) is 0 Å². The minimum absolute atomic E-state index is 0.696. The average molecular weight is 240 g/mol. The second-order valence-corrected chi connectivity index (χ2v) is 5.21. The second kappa shape index (κ2) is 5.07. The van der Waals surface area contributed by atoms with Crippen molar-refractivity contribution < 1.29 is 0 Å². The maximum atomic E-state index is 4.28. The van der Waals surface area contributed by atoms with Crippen molar-refractivity contribution in [2.24, 2.45) is 0 Å². The van der Waals surface area contributed by atoms with E-state index < -0.39 is 0 Å². The minimum Gasteiger partial charge on any atom is -0.314 e. The van der Waals surface area contributed by atoms with E-state index in [0.29, 0.717) is 12.0 Å². The molecule has 94 valence electrons. The zero-order chi connectivity index (χ0) is 12.4. The van der Waals surface area contributed by atoms with Gasteiger partial charge >= 0.3 is 0 Å². The fraction of sp³-hybridized carbons (Fsp3) is 0.438. The molecule has 0 aliphatic heterocycles. The lowest BCUT2D eigenvalue weighted by Crippen LogP contribution is -2.25. The quantitative estimate of drug-likeness (QED) is 0.888. The van der Waals surface area contributed by atoms with Gasteiger partial charge in [0, 0.05) is 23.8 Å². The van der Waals surface area contributed by atoms with E-state index in [0.717, 1.165) is 6.54 Å². The zero-order valence-electron chi connectivity index (χ0n) is 10.9. The van der Waals surface area contributed by atoms with E-state index in [4.69, 9.17) is 0 Å². The maximum Gasteiger partial charge on any atom is 0.0349 e. The van der Waals surface area contributed by atoms with Gasteiger partial charge in [-0.05, 0) is 48.7 Å². The number of pyridine rings is 1. The molecule has 2 atom stereocenters. The van der Waals surface area contributed by atoms with Gasteiger partial charge in [0.1, 0.15) is 0 Å². The van der Waals surface area contributed by atoms with Crippen LogP contribution in [0.5, 0.6) is 0 Å². The van der Waals surface area contributed by atoms with Crippen LogP contribution in [0.15, 0.2) is 36.7 Å². The molecule has 1 heterocycles. The van der Waals surface area contributed by atoms with E-state index in [1.165, 1.54) is 35.6 Å². The van der Waals surface area contributed by atoms with Crippen molar-refractivity contribution in [2.75, 3.05) is 6.54 Å². The third-order valence-corrected chi connectivity index (χ3v) is 4.08. The Labute approximate surface area is 108 Å². The van der Waals surface area contributed by atoms with E-state index in [-0.39, 0.29) is 0 Å². The topological polar surface area (TPSA) is 24.9 Å². The maximum absolute atomic E-state index is 4.28. The number of fused-ring (bicyclic) bond motifs is 1. The Morgan fingerprint density at radius 2 is 2.22 bits per heavy atom. The molecule has 0 radical (unpaired) electrons. The Morgan fingerprint density at radius 3 is 3.11 bits per heavy atom. The van der Waals surface area contributed by atoms with Crippen molar-refractivity contribution in [3.63, 3.8) is 0 Å². The van der Waals surface area contributed by atoms with Crippen LogP contribution in [0, 0.1) is 0 Å². The summed E-state index contributed by atoms with van der Waals surface area (Å²) in [5.41, 5.74) is 1.49. The van der Waals surface area contributed by atoms with Crippen molar-refractivity contribution in [2.45, 2.75) is 38.1 Å². The van der Waals surface area contributed by atoms with Gasteiger partial charge in [-0.3, -0.25) is 4.98 Å². The van der Waals surface area contributed by atoms with Crippen LogP contribution in [0.3, 0.4) is 0 Å². The van der Waals surface area contributed by atoms with Gasteiger partial charge in [-0.25, -0.2) is 0 Å².